The Labute approximate surface area is 237 Å². The van der Waals surface area contributed by atoms with Crippen molar-refractivity contribution in [1.29, 1.82) is 0 Å². The fourth-order valence-corrected chi connectivity index (χ4v) is 5.60. The maximum Gasteiger partial charge on any atom is 0.184 e. The van der Waals surface area contributed by atoms with Crippen LogP contribution in [0.2, 0.25) is 0 Å². The highest BCUT2D eigenvalue weighted by molar-refractivity contribution is 6.06. The van der Waals surface area contributed by atoms with Crippen molar-refractivity contribution in [2.45, 2.75) is 13.8 Å². The van der Waals surface area contributed by atoms with Crippen molar-refractivity contribution in [3.63, 3.8) is 0 Å². The van der Waals surface area contributed by atoms with Crippen LogP contribution in [0.3, 0.4) is 0 Å². The topological polar surface area (TPSA) is 135 Å². The highest BCUT2D eigenvalue weighted by Crippen LogP contribution is 2.35. The summed E-state index contributed by atoms with van der Waals surface area (Å²) in [5.74, 6) is 2.02. The molecule has 8 bridgehead atoms. The number of rotatable bonds is 0. The molecular weight excluding hydrogens is 524 g/mol. The highest BCUT2D eigenvalue weighted by atomic mass is 15.1. The molecule has 0 unspecified atom stereocenters. The van der Waals surface area contributed by atoms with E-state index in [0.29, 0.717) is 57.3 Å². The summed E-state index contributed by atoms with van der Waals surface area (Å²) in [6.07, 6.45) is 0. The number of aromatic amines is 2. The van der Waals surface area contributed by atoms with Crippen molar-refractivity contribution >= 4 is 44.1 Å². The SMILES string of the molecule is Cc1nc2c(nc1C)-c1nc-2nc2[nH]c(nc3nc(nc4[nH]c(n1)c1ccccc41)-c1ccccc1-3)c1ccccc21. The first-order chi connectivity index (χ1) is 20.6. The van der Waals surface area contributed by atoms with Gasteiger partial charge < -0.3 is 9.97 Å². The van der Waals surface area contributed by atoms with Crippen molar-refractivity contribution in [1.82, 2.24) is 49.8 Å². The molecule has 10 nitrogen and oxygen atoms in total. The van der Waals surface area contributed by atoms with Gasteiger partial charge in [0, 0.05) is 32.7 Å². The molecule has 0 atom stereocenters. The van der Waals surface area contributed by atoms with Gasteiger partial charge in [0.15, 0.2) is 23.3 Å². The smallest absolute Gasteiger partial charge is 0.184 e. The average molecular weight is 545 g/mol. The van der Waals surface area contributed by atoms with Gasteiger partial charge in [0.2, 0.25) is 0 Å². The van der Waals surface area contributed by atoms with Crippen LogP contribution in [0.1, 0.15) is 11.4 Å². The summed E-state index contributed by atoms with van der Waals surface area (Å²) >= 11 is 0. The van der Waals surface area contributed by atoms with Gasteiger partial charge in [-0.05, 0) is 13.8 Å². The summed E-state index contributed by atoms with van der Waals surface area (Å²) in [6.45, 7) is 3.87. The Kier molecular flexibility index (Phi) is 4.52. The number of H-pyrrole nitrogens is 2. The summed E-state index contributed by atoms with van der Waals surface area (Å²) in [7, 11) is 0. The molecule has 10 heteroatoms. The third-order valence-electron chi connectivity index (χ3n) is 7.78. The van der Waals surface area contributed by atoms with Gasteiger partial charge in [-0.15, -0.1) is 0 Å². The van der Waals surface area contributed by atoms with Crippen molar-refractivity contribution in [2.75, 3.05) is 0 Å². The van der Waals surface area contributed by atoms with E-state index in [4.69, 9.17) is 39.9 Å². The highest BCUT2D eigenvalue weighted by Gasteiger charge is 2.25. The van der Waals surface area contributed by atoms with Crippen LogP contribution in [0.4, 0.5) is 0 Å². The number of nitrogens with one attached hydrogen (secondary N) is 2. The van der Waals surface area contributed by atoms with Crippen molar-refractivity contribution in [2.24, 2.45) is 0 Å². The number of nitrogens with zero attached hydrogens (tertiary/aromatic N) is 8. The van der Waals surface area contributed by atoms with Gasteiger partial charge in [0.05, 0.1) is 11.4 Å². The molecule has 9 rings (SSSR count). The van der Waals surface area contributed by atoms with Crippen LogP contribution >= 0.6 is 0 Å². The average Bonchev–Trinajstić information content (AvgIpc) is 3.73. The van der Waals surface area contributed by atoms with Crippen molar-refractivity contribution < 1.29 is 0 Å². The molecule has 2 N–H and O–H groups in total. The lowest BCUT2D eigenvalue weighted by atomic mass is 10.1. The van der Waals surface area contributed by atoms with Crippen LogP contribution in [-0.2, 0) is 0 Å². The van der Waals surface area contributed by atoms with E-state index in [2.05, 4.69) is 9.97 Å². The van der Waals surface area contributed by atoms with E-state index in [9.17, 15) is 0 Å². The molecule has 0 saturated carbocycles. The maximum atomic E-state index is 5.01. The minimum absolute atomic E-state index is 0.435. The van der Waals surface area contributed by atoms with Crippen molar-refractivity contribution in [3.8, 4) is 45.8 Å². The number of hydrogen-bond acceptors (Lipinski definition) is 8. The summed E-state index contributed by atoms with van der Waals surface area (Å²) < 4.78 is 0. The molecule has 2 aliphatic heterocycles. The van der Waals surface area contributed by atoms with E-state index in [0.717, 1.165) is 44.1 Å². The van der Waals surface area contributed by atoms with Gasteiger partial charge in [-0.2, -0.15) is 0 Å². The van der Waals surface area contributed by atoms with E-state index in [1.165, 1.54) is 0 Å². The third-order valence-corrected chi connectivity index (χ3v) is 7.78. The van der Waals surface area contributed by atoms with Gasteiger partial charge in [-0.25, -0.2) is 39.9 Å². The number of hydrogen-bond donors (Lipinski definition) is 2. The lowest BCUT2D eigenvalue weighted by molar-refractivity contribution is 1.06. The molecule has 0 saturated heterocycles. The molecule has 0 amide bonds. The molecule has 198 valence electrons. The molecule has 0 aliphatic carbocycles. The zero-order chi connectivity index (χ0) is 27.9. The lowest BCUT2D eigenvalue weighted by Gasteiger charge is -2.02. The van der Waals surface area contributed by atoms with Crippen molar-refractivity contribution in [3.05, 3.63) is 84.2 Å². The Balaban J connectivity index is 1.51. The quantitative estimate of drug-likeness (QED) is 0.228. The largest absolute Gasteiger partial charge is 0.324 e. The fourth-order valence-electron chi connectivity index (χ4n) is 5.60. The van der Waals surface area contributed by atoms with Gasteiger partial charge in [0.1, 0.15) is 34.0 Å². The Morgan fingerprint density at radius 2 is 0.714 bits per heavy atom. The van der Waals surface area contributed by atoms with E-state index in [1.54, 1.807) is 0 Å². The molecule has 4 aromatic heterocycles. The summed E-state index contributed by atoms with van der Waals surface area (Å²) in [5.41, 5.74) is 7.17. The van der Waals surface area contributed by atoms with Crippen LogP contribution in [0.5, 0.6) is 0 Å². The van der Waals surface area contributed by atoms with Crippen LogP contribution in [-0.4, -0.2) is 49.8 Å². The van der Waals surface area contributed by atoms with E-state index in [-0.39, 0.29) is 0 Å². The number of aromatic nitrogens is 10. The first-order valence-electron chi connectivity index (χ1n) is 13.6. The molecule has 0 radical (unpaired) electrons. The standard InChI is InChI=1S/C32H20N10/c1-15-16(2)34-24-23(33-15)31-40-29-21-13-7-5-11-19(21)27(38-29)36-25-17-9-3-4-10-18(17)26(35-25)37-28-20-12-6-8-14-22(20)30(39-28)41-32(24)42-31/h3-14H,1-2H3,(H2,35,36,37,38,39,40,41,42). The third kappa shape index (κ3) is 3.26. The molecule has 0 fully saturated rings. The summed E-state index contributed by atoms with van der Waals surface area (Å²) in [6, 6.07) is 24.0. The minimum Gasteiger partial charge on any atom is -0.324 e. The zero-order valence-corrected chi connectivity index (χ0v) is 22.5. The van der Waals surface area contributed by atoms with Crippen LogP contribution in [0, 0.1) is 13.8 Å². The summed E-state index contributed by atoms with van der Waals surface area (Å²) in [5, 5.41) is 3.66. The van der Waals surface area contributed by atoms with Gasteiger partial charge in [-0.3, -0.25) is 0 Å². The van der Waals surface area contributed by atoms with Crippen LogP contribution in [0.15, 0.2) is 72.8 Å². The number of fused-ring (bicyclic) bond motifs is 20. The monoisotopic (exact) mass is 544 g/mol. The molecular formula is C32H20N10. The Morgan fingerprint density at radius 3 is 1.12 bits per heavy atom. The summed E-state index contributed by atoms with van der Waals surface area (Å²) in [4.78, 5) is 46.3. The Bertz CT molecular complexity index is 2290. The van der Waals surface area contributed by atoms with Crippen LogP contribution < -0.4 is 0 Å². The molecule has 2 aliphatic rings. The normalized spacial score (nSPS) is 12.0. The van der Waals surface area contributed by atoms with E-state index >= 15 is 0 Å². The fraction of sp³-hybridized carbons (Fsp3) is 0.0625. The second-order valence-electron chi connectivity index (χ2n) is 10.3. The van der Waals surface area contributed by atoms with Gasteiger partial charge >= 0.3 is 0 Å². The van der Waals surface area contributed by atoms with Crippen LogP contribution in [0.25, 0.3) is 89.9 Å². The van der Waals surface area contributed by atoms with Gasteiger partial charge in [0.25, 0.3) is 0 Å². The van der Waals surface area contributed by atoms with E-state index in [1.807, 2.05) is 86.6 Å². The molecule has 6 heterocycles. The predicted octanol–water partition coefficient (Wildman–Crippen LogP) is 6.28. The Hall–Kier alpha value is -5.90. The Morgan fingerprint density at radius 1 is 0.381 bits per heavy atom. The molecule has 0 spiro atoms. The predicted molar refractivity (Wildman–Crippen MR) is 161 cm³/mol. The number of benzene rings is 3. The first kappa shape index (κ1) is 22.9. The molecule has 3 aromatic carbocycles. The van der Waals surface area contributed by atoms with Gasteiger partial charge in [-0.1, -0.05) is 72.8 Å². The number of aryl methyl sites for hydroxylation is 2. The molecule has 42 heavy (non-hydrogen) atoms. The van der Waals surface area contributed by atoms with E-state index < -0.39 is 0 Å². The molecule has 7 aromatic rings. The second-order valence-corrected chi connectivity index (χ2v) is 10.3. The minimum atomic E-state index is 0.435. The second kappa shape index (κ2) is 8.31. The zero-order valence-electron chi connectivity index (χ0n) is 22.5. The lowest BCUT2D eigenvalue weighted by Crippen LogP contribution is -1.97. The maximum absolute atomic E-state index is 5.01. The first-order valence-corrected chi connectivity index (χ1v) is 13.6.